The molecule has 1 N–H and O–H groups in total. The molecule has 1 aliphatic heterocycles. The minimum Gasteiger partial charge on any atom is -0.491 e. The highest BCUT2D eigenvalue weighted by Gasteiger charge is 2.18. The lowest BCUT2D eigenvalue weighted by molar-refractivity contribution is 0.00549. The van der Waals surface area contributed by atoms with Gasteiger partial charge in [-0.15, -0.1) is 0 Å². The number of benzene rings is 1. The van der Waals surface area contributed by atoms with Gasteiger partial charge in [-0.25, -0.2) is 0 Å². The fourth-order valence-corrected chi connectivity index (χ4v) is 2.26. The summed E-state index contributed by atoms with van der Waals surface area (Å²) in [4.78, 5) is 2.38. The maximum absolute atomic E-state index is 5.99. The fourth-order valence-electron chi connectivity index (χ4n) is 2.26. The van der Waals surface area contributed by atoms with Gasteiger partial charge < -0.3 is 19.7 Å². The molecule has 0 unspecified atom stereocenters. The van der Waals surface area contributed by atoms with Gasteiger partial charge in [0.05, 0.1) is 17.9 Å². The number of methoxy groups -OCH3 is 1. The van der Waals surface area contributed by atoms with E-state index in [2.05, 4.69) is 42.3 Å². The van der Waals surface area contributed by atoms with E-state index < -0.39 is 0 Å². The Labute approximate surface area is 122 Å². The third-order valence-corrected chi connectivity index (χ3v) is 3.84. The normalized spacial score (nSPS) is 16.2. The number of rotatable bonds is 6. The number of anilines is 1. The predicted octanol–water partition coefficient (Wildman–Crippen LogP) is 2.29. The van der Waals surface area contributed by atoms with Crippen LogP contribution in [-0.4, -0.2) is 45.5 Å². The van der Waals surface area contributed by atoms with Crippen LogP contribution in [0.5, 0.6) is 5.75 Å². The molecule has 0 amide bonds. The maximum Gasteiger partial charge on any atom is 0.142 e. The summed E-state index contributed by atoms with van der Waals surface area (Å²) in [5, 5.41) is 3.38. The summed E-state index contributed by atoms with van der Waals surface area (Å²) in [5.74, 6) is 0.973. The molecule has 2 rings (SSSR count). The topological polar surface area (TPSA) is 33.7 Å². The quantitative estimate of drug-likeness (QED) is 0.865. The van der Waals surface area contributed by atoms with E-state index in [1.165, 1.54) is 5.69 Å². The first kappa shape index (κ1) is 15.1. The Bertz CT molecular complexity index is 415. The molecule has 1 aliphatic rings. The summed E-state index contributed by atoms with van der Waals surface area (Å²) in [7, 11) is 1.74. The Morgan fingerprint density at radius 3 is 2.60 bits per heavy atom. The van der Waals surface area contributed by atoms with E-state index in [4.69, 9.17) is 9.47 Å². The zero-order chi connectivity index (χ0) is 14.4. The second-order valence-electron chi connectivity index (χ2n) is 5.77. The lowest BCUT2D eigenvalue weighted by Gasteiger charge is -2.31. The second-order valence-corrected chi connectivity index (χ2v) is 5.77. The minimum absolute atomic E-state index is 0.135. The van der Waals surface area contributed by atoms with Gasteiger partial charge in [-0.2, -0.15) is 0 Å². The second kappa shape index (κ2) is 6.95. The van der Waals surface area contributed by atoms with E-state index in [9.17, 15) is 0 Å². The van der Waals surface area contributed by atoms with E-state index in [-0.39, 0.29) is 5.60 Å². The Kier molecular flexibility index (Phi) is 5.26. The molecule has 4 nitrogen and oxygen atoms in total. The van der Waals surface area contributed by atoms with Gasteiger partial charge in [-0.1, -0.05) is 12.1 Å². The van der Waals surface area contributed by atoms with Crippen molar-refractivity contribution in [1.82, 2.24) is 5.32 Å². The number of hydrogen-bond donors (Lipinski definition) is 1. The van der Waals surface area contributed by atoms with Crippen LogP contribution >= 0.6 is 0 Å². The first-order valence-corrected chi connectivity index (χ1v) is 7.35. The lowest BCUT2D eigenvalue weighted by atomic mass is 10.1. The molecule has 0 spiro atoms. The standard InChI is InChI=1S/C16H26N2O2/c1-16(2,19-3)8-13-20-15-7-5-4-6-14(15)18-11-9-17-10-12-18/h4-7,17H,8-13H2,1-3H3. The van der Waals surface area contributed by atoms with Gasteiger partial charge in [0.25, 0.3) is 0 Å². The van der Waals surface area contributed by atoms with Crippen LogP contribution in [0.2, 0.25) is 0 Å². The van der Waals surface area contributed by atoms with Crippen LogP contribution in [-0.2, 0) is 4.74 Å². The summed E-state index contributed by atoms with van der Waals surface area (Å²) < 4.78 is 11.4. The third-order valence-electron chi connectivity index (χ3n) is 3.84. The Hall–Kier alpha value is -1.26. The summed E-state index contributed by atoms with van der Waals surface area (Å²) in [6.07, 6.45) is 0.874. The van der Waals surface area contributed by atoms with Crippen molar-refractivity contribution in [2.45, 2.75) is 25.9 Å². The van der Waals surface area contributed by atoms with Crippen molar-refractivity contribution in [2.24, 2.45) is 0 Å². The van der Waals surface area contributed by atoms with Crippen LogP contribution < -0.4 is 15.0 Å². The molecule has 1 heterocycles. The minimum atomic E-state index is -0.135. The van der Waals surface area contributed by atoms with Crippen LogP contribution in [0.3, 0.4) is 0 Å². The molecular weight excluding hydrogens is 252 g/mol. The van der Waals surface area contributed by atoms with Gasteiger partial charge >= 0.3 is 0 Å². The lowest BCUT2D eigenvalue weighted by Crippen LogP contribution is -2.43. The molecule has 1 aromatic rings. The number of hydrogen-bond acceptors (Lipinski definition) is 4. The monoisotopic (exact) mass is 278 g/mol. The summed E-state index contributed by atoms with van der Waals surface area (Å²) in [5.41, 5.74) is 1.06. The number of piperazine rings is 1. The molecular formula is C16H26N2O2. The molecule has 0 aromatic heterocycles. The first-order chi connectivity index (χ1) is 9.62. The molecule has 112 valence electrons. The first-order valence-electron chi connectivity index (χ1n) is 7.35. The third kappa shape index (κ3) is 4.12. The molecule has 0 aliphatic carbocycles. The number of nitrogens with zero attached hydrogens (tertiary/aromatic N) is 1. The zero-order valence-corrected chi connectivity index (χ0v) is 12.8. The van der Waals surface area contributed by atoms with Crippen molar-refractivity contribution in [1.29, 1.82) is 0 Å². The molecule has 4 heteroatoms. The van der Waals surface area contributed by atoms with Crippen LogP contribution in [0.1, 0.15) is 20.3 Å². The van der Waals surface area contributed by atoms with E-state index in [0.717, 1.165) is 38.3 Å². The smallest absolute Gasteiger partial charge is 0.142 e. The van der Waals surface area contributed by atoms with Crippen molar-refractivity contribution in [3.05, 3.63) is 24.3 Å². The van der Waals surface area contributed by atoms with Crippen molar-refractivity contribution in [2.75, 3.05) is 44.8 Å². The van der Waals surface area contributed by atoms with Crippen molar-refractivity contribution in [3.63, 3.8) is 0 Å². The van der Waals surface area contributed by atoms with Gasteiger partial charge in [-0.05, 0) is 26.0 Å². The molecule has 1 fully saturated rings. The molecule has 0 saturated carbocycles. The molecule has 0 atom stereocenters. The predicted molar refractivity (Wildman–Crippen MR) is 82.7 cm³/mol. The molecule has 0 bridgehead atoms. The van der Waals surface area contributed by atoms with E-state index in [1.54, 1.807) is 7.11 Å². The van der Waals surface area contributed by atoms with Crippen LogP contribution in [0.4, 0.5) is 5.69 Å². The highest BCUT2D eigenvalue weighted by Crippen LogP contribution is 2.28. The molecule has 1 saturated heterocycles. The Morgan fingerprint density at radius 1 is 1.20 bits per heavy atom. The van der Waals surface area contributed by atoms with Gasteiger partial charge in [0.1, 0.15) is 5.75 Å². The van der Waals surface area contributed by atoms with Crippen LogP contribution in [0.15, 0.2) is 24.3 Å². The number of para-hydroxylation sites is 2. The summed E-state index contributed by atoms with van der Waals surface area (Å²) in [6.45, 7) is 8.96. The highest BCUT2D eigenvalue weighted by molar-refractivity contribution is 5.58. The SMILES string of the molecule is COC(C)(C)CCOc1ccccc1N1CCNCC1. The highest BCUT2D eigenvalue weighted by atomic mass is 16.5. The van der Waals surface area contributed by atoms with E-state index >= 15 is 0 Å². The van der Waals surface area contributed by atoms with E-state index in [0.29, 0.717) is 6.61 Å². The number of ether oxygens (including phenoxy) is 2. The van der Waals surface area contributed by atoms with Gasteiger partial charge in [0.15, 0.2) is 0 Å². The average Bonchev–Trinajstić information content (AvgIpc) is 2.48. The zero-order valence-electron chi connectivity index (χ0n) is 12.8. The average molecular weight is 278 g/mol. The van der Waals surface area contributed by atoms with Crippen LogP contribution in [0, 0.1) is 0 Å². The number of nitrogens with one attached hydrogen (secondary N) is 1. The van der Waals surface area contributed by atoms with Gasteiger partial charge in [0, 0.05) is 39.7 Å². The Morgan fingerprint density at radius 2 is 1.90 bits per heavy atom. The largest absolute Gasteiger partial charge is 0.491 e. The maximum atomic E-state index is 5.99. The summed E-state index contributed by atoms with van der Waals surface area (Å²) >= 11 is 0. The van der Waals surface area contributed by atoms with Crippen molar-refractivity contribution in [3.8, 4) is 5.75 Å². The van der Waals surface area contributed by atoms with Gasteiger partial charge in [0.2, 0.25) is 0 Å². The van der Waals surface area contributed by atoms with E-state index in [1.807, 2.05) is 6.07 Å². The molecule has 1 aromatic carbocycles. The fraction of sp³-hybridized carbons (Fsp3) is 0.625. The van der Waals surface area contributed by atoms with Crippen LogP contribution in [0.25, 0.3) is 0 Å². The Balaban J connectivity index is 1.97. The van der Waals surface area contributed by atoms with Crippen molar-refractivity contribution >= 4 is 5.69 Å². The van der Waals surface area contributed by atoms with Crippen molar-refractivity contribution < 1.29 is 9.47 Å². The molecule has 0 radical (unpaired) electrons. The van der Waals surface area contributed by atoms with Gasteiger partial charge in [-0.3, -0.25) is 0 Å². The summed E-state index contributed by atoms with van der Waals surface area (Å²) in [6, 6.07) is 8.30. The molecule has 20 heavy (non-hydrogen) atoms.